The zero-order valence-corrected chi connectivity index (χ0v) is 24.4. The third-order valence-corrected chi connectivity index (χ3v) is 8.33. The molecule has 0 aliphatic rings. The number of nitrogens with one attached hydrogen (secondary N) is 1. The zero-order valence-electron chi connectivity index (χ0n) is 22.8. The Hall–Kier alpha value is -3.36. The van der Waals surface area contributed by atoms with E-state index < -0.39 is 28.5 Å². The van der Waals surface area contributed by atoms with Gasteiger partial charge in [-0.25, -0.2) is 8.42 Å². The molecule has 0 spiro atoms. The maximum Gasteiger partial charge on any atom is 0.264 e. The van der Waals surface area contributed by atoms with Crippen LogP contribution in [-0.2, 0) is 26.2 Å². The highest BCUT2D eigenvalue weighted by atomic mass is 35.5. The topological polar surface area (TPSA) is 86.8 Å². The molecule has 0 unspecified atom stereocenters. The predicted molar refractivity (Wildman–Crippen MR) is 156 cm³/mol. The summed E-state index contributed by atoms with van der Waals surface area (Å²) in [6.45, 7) is 7.71. The molecule has 39 heavy (non-hydrogen) atoms. The Morgan fingerprint density at radius 2 is 1.56 bits per heavy atom. The van der Waals surface area contributed by atoms with Gasteiger partial charge in [-0.2, -0.15) is 0 Å². The van der Waals surface area contributed by atoms with Crippen LogP contribution in [0.4, 0.5) is 5.69 Å². The third kappa shape index (κ3) is 7.83. The minimum Gasteiger partial charge on any atom is -0.354 e. The molecule has 3 aromatic rings. The van der Waals surface area contributed by atoms with E-state index >= 15 is 0 Å². The van der Waals surface area contributed by atoms with Gasteiger partial charge in [0, 0.05) is 18.1 Å². The van der Waals surface area contributed by atoms with Gasteiger partial charge in [-0.05, 0) is 54.7 Å². The number of aryl methyl sites for hydroxylation is 1. The highest BCUT2D eigenvalue weighted by Gasteiger charge is 2.34. The molecule has 2 amide bonds. The van der Waals surface area contributed by atoms with Crippen molar-refractivity contribution in [1.82, 2.24) is 10.2 Å². The summed E-state index contributed by atoms with van der Waals surface area (Å²) in [5.41, 5.74) is 1.78. The van der Waals surface area contributed by atoms with Gasteiger partial charge in [0.05, 0.1) is 10.6 Å². The molecule has 1 N–H and O–H groups in total. The smallest absolute Gasteiger partial charge is 0.264 e. The van der Waals surface area contributed by atoms with Gasteiger partial charge in [0.1, 0.15) is 12.6 Å². The van der Waals surface area contributed by atoms with Crippen LogP contribution in [0.1, 0.15) is 38.3 Å². The van der Waals surface area contributed by atoms with Crippen molar-refractivity contribution in [3.8, 4) is 0 Å². The number of amides is 2. The molecule has 0 heterocycles. The zero-order chi connectivity index (χ0) is 28.6. The molecule has 0 radical (unpaired) electrons. The Labute approximate surface area is 236 Å². The molecule has 0 aliphatic heterocycles. The third-order valence-electron chi connectivity index (χ3n) is 6.32. The molecule has 208 valence electrons. The molecule has 3 aromatic carbocycles. The van der Waals surface area contributed by atoms with Crippen LogP contribution in [0.15, 0.2) is 83.8 Å². The SMILES string of the molecule is CC[C@@H](C(=O)NCC(C)C)N(Cc1ccccc1)C(=O)CN(c1cc(Cl)ccc1C)S(=O)(=O)c1ccccc1. The lowest BCUT2D eigenvalue weighted by Crippen LogP contribution is -2.52. The maximum atomic E-state index is 14.1. The number of hydrogen-bond acceptors (Lipinski definition) is 4. The summed E-state index contributed by atoms with van der Waals surface area (Å²) < 4.78 is 28.9. The largest absolute Gasteiger partial charge is 0.354 e. The number of benzene rings is 3. The number of sulfonamides is 1. The van der Waals surface area contributed by atoms with E-state index in [9.17, 15) is 18.0 Å². The van der Waals surface area contributed by atoms with Crippen LogP contribution in [-0.4, -0.2) is 44.3 Å². The number of halogens is 1. The van der Waals surface area contributed by atoms with Crippen molar-refractivity contribution in [2.75, 3.05) is 17.4 Å². The Morgan fingerprint density at radius 3 is 2.15 bits per heavy atom. The number of carbonyl (C=O) groups is 2. The molecule has 3 rings (SSSR count). The minimum atomic E-state index is -4.14. The molecule has 0 aromatic heterocycles. The van der Waals surface area contributed by atoms with E-state index in [0.29, 0.717) is 29.2 Å². The molecule has 0 bridgehead atoms. The molecule has 0 fully saturated rings. The van der Waals surface area contributed by atoms with Gasteiger partial charge in [0.15, 0.2) is 0 Å². The first-order valence-electron chi connectivity index (χ1n) is 13.0. The molecular formula is C30H36ClN3O4S. The lowest BCUT2D eigenvalue weighted by molar-refractivity contribution is -0.140. The number of hydrogen-bond donors (Lipinski definition) is 1. The number of anilines is 1. The summed E-state index contributed by atoms with van der Waals surface area (Å²) in [4.78, 5) is 28.8. The lowest BCUT2D eigenvalue weighted by Gasteiger charge is -2.33. The minimum absolute atomic E-state index is 0.0495. The average Bonchev–Trinajstić information content (AvgIpc) is 2.92. The molecule has 7 nitrogen and oxygen atoms in total. The summed E-state index contributed by atoms with van der Waals surface area (Å²) in [5, 5.41) is 3.27. The Kier molecular flexibility index (Phi) is 10.5. The lowest BCUT2D eigenvalue weighted by atomic mass is 10.1. The van der Waals surface area contributed by atoms with E-state index in [1.54, 1.807) is 43.3 Å². The van der Waals surface area contributed by atoms with Gasteiger partial charge < -0.3 is 10.2 Å². The molecular weight excluding hydrogens is 534 g/mol. The molecule has 0 saturated carbocycles. The summed E-state index contributed by atoms with van der Waals surface area (Å²) >= 11 is 6.27. The standard InChI is InChI=1S/C30H36ClN3O4S/c1-5-27(30(36)32-19-22(2)3)33(20-24-12-8-6-9-13-24)29(35)21-34(28-18-25(31)17-16-23(28)4)39(37,38)26-14-10-7-11-15-26/h6-18,22,27H,5,19-21H2,1-4H3,(H,32,36)/t27-/m0/s1. The summed E-state index contributed by atoms with van der Waals surface area (Å²) in [6.07, 6.45) is 0.365. The number of rotatable bonds is 12. The number of carbonyl (C=O) groups excluding carboxylic acids is 2. The first-order chi connectivity index (χ1) is 18.5. The fraction of sp³-hybridized carbons (Fsp3) is 0.333. The van der Waals surface area contributed by atoms with E-state index in [2.05, 4.69) is 5.32 Å². The Balaban J connectivity index is 2.06. The first-order valence-corrected chi connectivity index (χ1v) is 14.8. The highest BCUT2D eigenvalue weighted by molar-refractivity contribution is 7.92. The van der Waals surface area contributed by atoms with Crippen molar-refractivity contribution >= 4 is 39.1 Å². The fourth-order valence-corrected chi connectivity index (χ4v) is 5.86. The second kappa shape index (κ2) is 13.6. The Morgan fingerprint density at radius 1 is 0.949 bits per heavy atom. The monoisotopic (exact) mass is 569 g/mol. The van der Waals surface area contributed by atoms with Crippen molar-refractivity contribution in [2.45, 2.75) is 51.6 Å². The van der Waals surface area contributed by atoms with E-state index in [4.69, 9.17) is 11.6 Å². The predicted octanol–water partition coefficient (Wildman–Crippen LogP) is 5.42. The van der Waals surface area contributed by atoms with Crippen molar-refractivity contribution in [3.63, 3.8) is 0 Å². The van der Waals surface area contributed by atoms with Crippen LogP contribution >= 0.6 is 11.6 Å². The van der Waals surface area contributed by atoms with Crippen LogP contribution < -0.4 is 9.62 Å². The summed E-state index contributed by atoms with van der Waals surface area (Å²) in [7, 11) is -4.14. The highest BCUT2D eigenvalue weighted by Crippen LogP contribution is 2.30. The normalized spacial score (nSPS) is 12.2. The molecule has 0 aliphatic carbocycles. The van der Waals surface area contributed by atoms with Gasteiger partial charge in [0.25, 0.3) is 10.0 Å². The number of nitrogens with zero attached hydrogens (tertiary/aromatic N) is 2. The second-order valence-corrected chi connectivity index (χ2v) is 12.1. The van der Waals surface area contributed by atoms with Gasteiger partial charge >= 0.3 is 0 Å². The molecule has 1 atom stereocenters. The van der Waals surface area contributed by atoms with Crippen molar-refractivity contribution < 1.29 is 18.0 Å². The van der Waals surface area contributed by atoms with Crippen molar-refractivity contribution in [3.05, 3.63) is 95.0 Å². The maximum absolute atomic E-state index is 14.1. The van der Waals surface area contributed by atoms with Crippen LogP contribution in [0, 0.1) is 12.8 Å². The van der Waals surface area contributed by atoms with Crippen molar-refractivity contribution in [1.29, 1.82) is 0 Å². The van der Waals surface area contributed by atoms with Crippen LogP contribution in [0.5, 0.6) is 0 Å². The Bertz CT molecular complexity index is 1370. The first kappa shape index (κ1) is 30.2. The summed E-state index contributed by atoms with van der Waals surface area (Å²) in [6, 6.07) is 21.4. The van der Waals surface area contributed by atoms with Gasteiger partial charge in [-0.3, -0.25) is 13.9 Å². The quantitative estimate of drug-likeness (QED) is 0.315. The van der Waals surface area contributed by atoms with E-state index in [-0.39, 0.29) is 23.3 Å². The average molecular weight is 570 g/mol. The summed E-state index contributed by atoms with van der Waals surface area (Å²) in [5.74, 6) is -0.529. The van der Waals surface area contributed by atoms with Gasteiger partial charge in [-0.15, -0.1) is 0 Å². The van der Waals surface area contributed by atoms with Crippen molar-refractivity contribution in [2.24, 2.45) is 5.92 Å². The van der Waals surface area contributed by atoms with Gasteiger partial charge in [-0.1, -0.05) is 87.0 Å². The van der Waals surface area contributed by atoms with E-state index in [1.807, 2.05) is 51.1 Å². The second-order valence-electron chi connectivity index (χ2n) is 9.83. The van der Waals surface area contributed by atoms with Crippen LogP contribution in [0.25, 0.3) is 0 Å². The van der Waals surface area contributed by atoms with E-state index in [0.717, 1.165) is 9.87 Å². The van der Waals surface area contributed by atoms with Gasteiger partial charge in [0.2, 0.25) is 11.8 Å². The molecule has 0 saturated heterocycles. The van der Waals surface area contributed by atoms with Crippen LogP contribution in [0.2, 0.25) is 5.02 Å². The molecule has 9 heteroatoms. The van der Waals surface area contributed by atoms with E-state index in [1.165, 1.54) is 17.0 Å². The van der Waals surface area contributed by atoms with Crippen LogP contribution in [0.3, 0.4) is 0 Å². The fourth-order valence-electron chi connectivity index (χ4n) is 4.21.